The number of pyridine rings is 1. The number of nitrogens with one attached hydrogen (secondary N) is 1. The van der Waals surface area contributed by atoms with E-state index in [1.54, 1.807) is 17.4 Å². The third-order valence-electron chi connectivity index (χ3n) is 2.26. The van der Waals surface area contributed by atoms with Crippen molar-refractivity contribution in [1.82, 2.24) is 4.98 Å². The summed E-state index contributed by atoms with van der Waals surface area (Å²) in [5.74, 6) is -0.136. The highest BCUT2D eigenvalue weighted by molar-refractivity contribution is 9.11. The van der Waals surface area contributed by atoms with Gasteiger partial charge in [-0.05, 0) is 50.5 Å². The summed E-state index contributed by atoms with van der Waals surface area (Å²) < 4.78 is 1.12. The van der Waals surface area contributed by atoms with Gasteiger partial charge < -0.3 is 15.4 Å². The molecule has 0 fully saturated rings. The van der Waals surface area contributed by atoms with Crippen LogP contribution in [0.2, 0.25) is 0 Å². The monoisotopic (exact) mass is 327 g/mol. The Kier molecular flexibility index (Phi) is 4.27. The van der Waals surface area contributed by atoms with Gasteiger partial charge in [0.25, 0.3) is 0 Å². The van der Waals surface area contributed by atoms with Gasteiger partial charge in [-0.3, -0.25) is 0 Å². The molecule has 2 rings (SSSR count). The summed E-state index contributed by atoms with van der Waals surface area (Å²) in [7, 11) is 0. The Balaban J connectivity index is 1.85. The Morgan fingerprint density at radius 3 is 2.78 bits per heavy atom. The number of hydrogen-bond donors (Lipinski definition) is 1. The highest BCUT2D eigenvalue weighted by Crippen LogP contribution is 2.22. The third-order valence-corrected chi connectivity index (χ3v) is 3.95. The summed E-state index contributed by atoms with van der Waals surface area (Å²) in [5.41, 5.74) is 0.788. The zero-order valence-corrected chi connectivity index (χ0v) is 11.7. The van der Waals surface area contributed by atoms with Gasteiger partial charge in [0.15, 0.2) is 6.20 Å². The van der Waals surface area contributed by atoms with E-state index in [0.717, 1.165) is 22.4 Å². The molecular formula is C11H10BrN3O2S. The second-order valence-electron chi connectivity index (χ2n) is 3.54. The second kappa shape index (κ2) is 5.92. The minimum absolute atomic E-state index is 0.136. The summed E-state index contributed by atoms with van der Waals surface area (Å²) in [6, 6.07) is 7.15. The van der Waals surface area contributed by atoms with Crippen LogP contribution in [0.5, 0.6) is 0 Å². The normalized spacial score (nSPS) is 10.3. The maximum absolute atomic E-state index is 10.4. The van der Waals surface area contributed by atoms with Gasteiger partial charge in [0, 0.05) is 17.5 Å². The van der Waals surface area contributed by atoms with E-state index in [-0.39, 0.29) is 5.82 Å². The zero-order chi connectivity index (χ0) is 13.0. The SMILES string of the molecule is O=[N+]([O-])c1ccc(NCCc2ccc(Br)s2)cn1. The Morgan fingerprint density at radius 1 is 1.39 bits per heavy atom. The predicted octanol–water partition coefficient (Wildman–Crippen LogP) is 3.47. The van der Waals surface area contributed by atoms with E-state index in [1.807, 2.05) is 6.07 Å². The third kappa shape index (κ3) is 3.51. The minimum atomic E-state index is -0.507. The molecule has 0 radical (unpaired) electrons. The van der Waals surface area contributed by atoms with E-state index >= 15 is 0 Å². The number of aromatic nitrogens is 1. The fourth-order valence-electron chi connectivity index (χ4n) is 1.41. The first kappa shape index (κ1) is 13.0. The minimum Gasteiger partial charge on any atom is -0.382 e. The van der Waals surface area contributed by atoms with Crippen molar-refractivity contribution >= 4 is 38.8 Å². The van der Waals surface area contributed by atoms with Crippen LogP contribution in [0.25, 0.3) is 0 Å². The smallest absolute Gasteiger partial charge is 0.363 e. The molecule has 94 valence electrons. The van der Waals surface area contributed by atoms with E-state index in [2.05, 4.69) is 32.3 Å². The highest BCUT2D eigenvalue weighted by atomic mass is 79.9. The molecule has 7 heteroatoms. The molecule has 18 heavy (non-hydrogen) atoms. The zero-order valence-electron chi connectivity index (χ0n) is 9.30. The molecule has 0 atom stereocenters. The Bertz CT molecular complexity index is 541. The van der Waals surface area contributed by atoms with Crippen molar-refractivity contribution in [2.24, 2.45) is 0 Å². The Morgan fingerprint density at radius 2 is 2.22 bits per heavy atom. The van der Waals surface area contributed by atoms with Crippen LogP contribution in [0.4, 0.5) is 11.5 Å². The molecule has 0 saturated carbocycles. The van der Waals surface area contributed by atoms with Crippen molar-refractivity contribution < 1.29 is 4.92 Å². The lowest BCUT2D eigenvalue weighted by Crippen LogP contribution is -2.04. The van der Waals surface area contributed by atoms with Crippen LogP contribution < -0.4 is 5.32 Å². The van der Waals surface area contributed by atoms with Crippen molar-refractivity contribution in [1.29, 1.82) is 0 Å². The maximum atomic E-state index is 10.4. The molecule has 0 saturated heterocycles. The summed E-state index contributed by atoms with van der Waals surface area (Å²) in [6.07, 6.45) is 2.38. The second-order valence-corrected chi connectivity index (χ2v) is 6.09. The Hall–Kier alpha value is -1.47. The van der Waals surface area contributed by atoms with Crippen LogP contribution in [0.1, 0.15) is 4.88 Å². The van der Waals surface area contributed by atoms with Gasteiger partial charge in [-0.15, -0.1) is 11.3 Å². The molecule has 2 heterocycles. The lowest BCUT2D eigenvalue weighted by molar-refractivity contribution is -0.389. The molecule has 2 aromatic rings. The molecule has 0 spiro atoms. The van der Waals surface area contributed by atoms with E-state index < -0.39 is 4.92 Å². The fourth-order valence-corrected chi connectivity index (χ4v) is 2.90. The van der Waals surface area contributed by atoms with Gasteiger partial charge in [0.1, 0.15) is 0 Å². The molecule has 2 aromatic heterocycles. The number of anilines is 1. The fraction of sp³-hybridized carbons (Fsp3) is 0.182. The lowest BCUT2D eigenvalue weighted by atomic mass is 10.3. The van der Waals surface area contributed by atoms with Crippen LogP contribution in [-0.2, 0) is 6.42 Å². The molecule has 5 nitrogen and oxygen atoms in total. The van der Waals surface area contributed by atoms with Crippen LogP contribution in [0.15, 0.2) is 34.2 Å². The topological polar surface area (TPSA) is 68.1 Å². The van der Waals surface area contributed by atoms with Gasteiger partial charge >= 0.3 is 5.82 Å². The van der Waals surface area contributed by atoms with Crippen molar-refractivity contribution in [2.75, 3.05) is 11.9 Å². The molecular weight excluding hydrogens is 318 g/mol. The molecule has 0 bridgehead atoms. The van der Waals surface area contributed by atoms with E-state index in [9.17, 15) is 10.1 Å². The first-order valence-electron chi connectivity index (χ1n) is 5.23. The molecule has 0 aliphatic rings. The number of halogens is 1. The predicted molar refractivity (Wildman–Crippen MR) is 75.1 cm³/mol. The van der Waals surface area contributed by atoms with Crippen molar-refractivity contribution in [2.45, 2.75) is 6.42 Å². The van der Waals surface area contributed by atoms with E-state index in [1.165, 1.54) is 17.1 Å². The summed E-state index contributed by atoms with van der Waals surface area (Å²) in [4.78, 5) is 14.9. The lowest BCUT2D eigenvalue weighted by Gasteiger charge is -2.02. The molecule has 0 aliphatic heterocycles. The first-order valence-corrected chi connectivity index (χ1v) is 6.84. The summed E-state index contributed by atoms with van der Waals surface area (Å²) in [6.45, 7) is 0.770. The van der Waals surface area contributed by atoms with Crippen molar-refractivity contribution in [3.63, 3.8) is 0 Å². The molecule has 0 amide bonds. The quantitative estimate of drug-likeness (QED) is 0.674. The largest absolute Gasteiger partial charge is 0.382 e. The standard InChI is InChI=1S/C11H10BrN3O2S/c12-10-3-2-9(18-10)5-6-13-8-1-4-11(14-7-8)15(16)17/h1-4,7,13H,5-6H2. The maximum Gasteiger partial charge on any atom is 0.363 e. The van der Waals surface area contributed by atoms with Crippen molar-refractivity contribution in [3.05, 3.63) is 49.2 Å². The van der Waals surface area contributed by atoms with Gasteiger partial charge in [0.2, 0.25) is 0 Å². The summed E-state index contributed by atoms with van der Waals surface area (Å²) in [5, 5.41) is 13.6. The average Bonchev–Trinajstić information content (AvgIpc) is 2.76. The van der Waals surface area contributed by atoms with Crippen LogP contribution >= 0.6 is 27.3 Å². The first-order chi connectivity index (χ1) is 8.65. The van der Waals surface area contributed by atoms with Gasteiger partial charge in [-0.1, -0.05) is 0 Å². The van der Waals surface area contributed by atoms with Crippen LogP contribution in [0, 0.1) is 10.1 Å². The molecule has 0 unspecified atom stereocenters. The Labute approximate surface area is 116 Å². The number of nitro groups is 1. The summed E-state index contributed by atoms with van der Waals surface area (Å²) >= 11 is 5.12. The number of hydrogen-bond acceptors (Lipinski definition) is 5. The van der Waals surface area contributed by atoms with Gasteiger partial charge in [0.05, 0.1) is 9.47 Å². The highest BCUT2D eigenvalue weighted by Gasteiger charge is 2.05. The van der Waals surface area contributed by atoms with Crippen LogP contribution in [0.3, 0.4) is 0 Å². The van der Waals surface area contributed by atoms with E-state index in [0.29, 0.717) is 0 Å². The van der Waals surface area contributed by atoms with Crippen molar-refractivity contribution in [3.8, 4) is 0 Å². The van der Waals surface area contributed by atoms with Crippen LogP contribution in [-0.4, -0.2) is 16.5 Å². The number of thiophene rings is 1. The average molecular weight is 328 g/mol. The molecule has 0 aliphatic carbocycles. The molecule has 1 N–H and O–H groups in total. The number of rotatable bonds is 5. The van der Waals surface area contributed by atoms with Gasteiger partial charge in [-0.25, -0.2) is 0 Å². The molecule has 0 aromatic carbocycles. The number of nitrogens with zero attached hydrogens (tertiary/aromatic N) is 2. The van der Waals surface area contributed by atoms with E-state index in [4.69, 9.17) is 0 Å². The van der Waals surface area contributed by atoms with Gasteiger partial charge in [-0.2, -0.15) is 0 Å².